The van der Waals surface area contributed by atoms with Gasteiger partial charge in [-0.15, -0.1) is 0 Å². The molecule has 1 aromatic carbocycles. The minimum atomic E-state index is -0.311. The summed E-state index contributed by atoms with van der Waals surface area (Å²) in [6, 6.07) is 6.08. The lowest BCUT2D eigenvalue weighted by atomic mass is 9.91. The fourth-order valence-electron chi connectivity index (χ4n) is 2.20. The molecule has 0 saturated carbocycles. The van der Waals surface area contributed by atoms with E-state index in [0.29, 0.717) is 0 Å². The van der Waals surface area contributed by atoms with E-state index in [4.69, 9.17) is 14.2 Å². The van der Waals surface area contributed by atoms with Crippen molar-refractivity contribution in [3.05, 3.63) is 23.8 Å². The smallest absolute Gasteiger partial charge is 0.161 e. The lowest BCUT2D eigenvalue weighted by Crippen LogP contribution is -2.41. The van der Waals surface area contributed by atoms with Crippen LogP contribution >= 0.6 is 0 Å². The second-order valence-electron chi connectivity index (χ2n) is 5.31. The number of hydrogen-bond donors (Lipinski definition) is 1. The average molecular weight is 281 g/mol. The van der Waals surface area contributed by atoms with Crippen molar-refractivity contribution in [3.8, 4) is 11.5 Å². The zero-order chi connectivity index (χ0) is 15.2. The molecule has 0 radical (unpaired) electrons. The zero-order valence-corrected chi connectivity index (χ0v) is 13.4. The van der Waals surface area contributed by atoms with Gasteiger partial charge in [0.05, 0.1) is 25.9 Å². The van der Waals surface area contributed by atoms with Crippen LogP contribution in [0.5, 0.6) is 11.5 Å². The quantitative estimate of drug-likeness (QED) is 0.794. The van der Waals surface area contributed by atoms with Gasteiger partial charge in [0.15, 0.2) is 11.5 Å². The molecule has 0 aliphatic heterocycles. The van der Waals surface area contributed by atoms with Crippen molar-refractivity contribution in [2.45, 2.75) is 38.8 Å². The molecule has 0 spiro atoms. The van der Waals surface area contributed by atoms with Crippen molar-refractivity contribution in [3.63, 3.8) is 0 Å². The van der Waals surface area contributed by atoms with Crippen molar-refractivity contribution >= 4 is 0 Å². The van der Waals surface area contributed by atoms with Crippen LogP contribution in [0.1, 0.15) is 38.8 Å². The van der Waals surface area contributed by atoms with E-state index in [1.807, 2.05) is 12.1 Å². The third-order valence-corrected chi connectivity index (χ3v) is 3.56. The average Bonchev–Trinajstić information content (AvgIpc) is 2.47. The Morgan fingerprint density at radius 2 is 1.75 bits per heavy atom. The second kappa shape index (κ2) is 7.50. The molecule has 114 valence electrons. The molecule has 1 N–H and O–H groups in total. The van der Waals surface area contributed by atoms with Crippen LogP contribution in [0.2, 0.25) is 0 Å². The maximum atomic E-state index is 5.65. The molecule has 0 aliphatic carbocycles. The molecule has 1 unspecified atom stereocenters. The maximum Gasteiger partial charge on any atom is 0.161 e. The normalized spacial score (nSPS) is 13.1. The fourth-order valence-corrected chi connectivity index (χ4v) is 2.20. The zero-order valence-electron chi connectivity index (χ0n) is 13.4. The van der Waals surface area contributed by atoms with E-state index in [-0.39, 0.29) is 11.6 Å². The molecule has 0 aromatic heterocycles. The highest BCUT2D eigenvalue weighted by atomic mass is 16.5. The van der Waals surface area contributed by atoms with Gasteiger partial charge in [-0.3, -0.25) is 0 Å². The second-order valence-corrected chi connectivity index (χ2v) is 5.31. The largest absolute Gasteiger partial charge is 0.493 e. The van der Waals surface area contributed by atoms with Crippen molar-refractivity contribution in [2.24, 2.45) is 0 Å². The molecule has 4 heteroatoms. The van der Waals surface area contributed by atoms with E-state index in [1.165, 1.54) is 0 Å². The van der Waals surface area contributed by atoms with Gasteiger partial charge < -0.3 is 19.5 Å². The molecule has 0 heterocycles. The first-order valence-electron chi connectivity index (χ1n) is 7.00. The van der Waals surface area contributed by atoms with Gasteiger partial charge in [-0.2, -0.15) is 0 Å². The number of nitrogens with one attached hydrogen (secondary N) is 1. The Morgan fingerprint density at radius 1 is 1.10 bits per heavy atom. The summed E-state index contributed by atoms with van der Waals surface area (Å²) >= 11 is 0. The molecule has 1 rings (SSSR count). The maximum absolute atomic E-state index is 5.65. The molecule has 0 aliphatic rings. The van der Waals surface area contributed by atoms with Gasteiger partial charge in [0.2, 0.25) is 0 Å². The van der Waals surface area contributed by atoms with Crippen molar-refractivity contribution in [1.29, 1.82) is 0 Å². The summed E-state index contributed by atoms with van der Waals surface area (Å²) in [5.74, 6) is 1.47. The summed E-state index contributed by atoms with van der Waals surface area (Å²) < 4.78 is 16.3. The van der Waals surface area contributed by atoms with Crippen LogP contribution in [-0.2, 0) is 4.74 Å². The van der Waals surface area contributed by atoms with Crippen molar-refractivity contribution in [2.75, 3.05) is 27.9 Å². The summed E-state index contributed by atoms with van der Waals surface area (Å²) in [6.45, 7) is 7.25. The Morgan fingerprint density at radius 3 is 2.25 bits per heavy atom. The van der Waals surface area contributed by atoms with E-state index in [1.54, 1.807) is 21.3 Å². The van der Waals surface area contributed by atoms with Crippen molar-refractivity contribution < 1.29 is 14.2 Å². The van der Waals surface area contributed by atoms with Crippen LogP contribution in [0.25, 0.3) is 0 Å². The molecule has 0 bridgehead atoms. The lowest BCUT2D eigenvalue weighted by molar-refractivity contribution is -0.0111. The van der Waals surface area contributed by atoms with Gasteiger partial charge in [0.1, 0.15) is 0 Å². The lowest BCUT2D eigenvalue weighted by Gasteiger charge is -2.34. The van der Waals surface area contributed by atoms with Crippen LogP contribution < -0.4 is 14.8 Å². The van der Waals surface area contributed by atoms with Gasteiger partial charge in [-0.1, -0.05) is 13.0 Å². The van der Waals surface area contributed by atoms with Gasteiger partial charge in [0, 0.05) is 7.11 Å². The van der Waals surface area contributed by atoms with Crippen LogP contribution in [0.3, 0.4) is 0 Å². The highest BCUT2D eigenvalue weighted by Gasteiger charge is 2.30. The van der Waals surface area contributed by atoms with Gasteiger partial charge in [0.25, 0.3) is 0 Å². The summed E-state index contributed by atoms with van der Waals surface area (Å²) in [4.78, 5) is 0. The minimum absolute atomic E-state index is 0.0901. The third kappa shape index (κ3) is 3.87. The number of methoxy groups -OCH3 is 3. The molecule has 0 amide bonds. The standard InChI is InChI=1S/C16H27NO3/c1-7-10-17-15(16(2,3)20-6)12-8-9-13(18-4)14(11-12)19-5/h8-9,11,15,17H,7,10H2,1-6H3. The first-order valence-corrected chi connectivity index (χ1v) is 7.00. The van der Waals surface area contributed by atoms with Gasteiger partial charge in [-0.25, -0.2) is 0 Å². The van der Waals surface area contributed by atoms with E-state index < -0.39 is 0 Å². The molecular weight excluding hydrogens is 254 g/mol. The van der Waals surface area contributed by atoms with E-state index >= 15 is 0 Å². The Balaban J connectivity index is 3.13. The summed E-state index contributed by atoms with van der Waals surface area (Å²) in [7, 11) is 5.03. The molecule has 1 aromatic rings. The number of hydrogen-bond acceptors (Lipinski definition) is 4. The first kappa shape index (κ1) is 16.8. The van der Waals surface area contributed by atoms with Crippen LogP contribution in [0, 0.1) is 0 Å². The van der Waals surface area contributed by atoms with E-state index in [9.17, 15) is 0 Å². The molecule has 20 heavy (non-hydrogen) atoms. The molecule has 1 atom stereocenters. The first-order chi connectivity index (χ1) is 9.50. The Hall–Kier alpha value is -1.26. The van der Waals surface area contributed by atoms with Gasteiger partial charge >= 0.3 is 0 Å². The third-order valence-electron chi connectivity index (χ3n) is 3.56. The Bertz CT molecular complexity index is 418. The molecule has 0 saturated heterocycles. The van der Waals surface area contributed by atoms with Gasteiger partial charge in [-0.05, 0) is 44.5 Å². The predicted octanol–water partition coefficient (Wildman–Crippen LogP) is 3.17. The highest BCUT2D eigenvalue weighted by molar-refractivity contribution is 5.44. The molecular formula is C16H27NO3. The Kier molecular flexibility index (Phi) is 6.30. The monoisotopic (exact) mass is 281 g/mol. The summed E-state index contributed by atoms with van der Waals surface area (Å²) in [5.41, 5.74) is 0.817. The van der Waals surface area contributed by atoms with Crippen LogP contribution in [0.4, 0.5) is 0 Å². The minimum Gasteiger partial charge on any atom is -0.493 e. The predicted molar refractivity (Wildman–Crippen MR) is 81.7 cm³/mol. The molecule has 4 nitrogen and oxygen atoms in total. The van der Waals surface area contributed by atoms with Crippen LogP contribution in [0.15, 0.2) is 18.2 Å². The molecule has 0 fully saturated rings. The van der Waals surface area contributed by atoms with E-state index in [0.717, 1.165) is 30.0 Å². The van der Waals surface area contributed by atoms with Crippen LogP contribution in [-0.4, -0.2) is 33.5 Å². The Labute approximate surface area is 122 Å². The fraction of sp³-hybridized carbons (Fsp3) is 0.625. The number of benzene rings is 1. The van der Waals surface area contributed by atoms with Crippen molar-refractivity contribution in [1.82, 2.24) is 5.32 Å². The summed E-state index contributed by atoms with van der Waals surface area (Å²) in [5, 5.41) is 3.54. The number of ether oxygens (including phenoxy) is 3. The number of rotatable bonds is 8. The SMILES string of the molecule is CCCNC(c1ccc(OC)c(OC)c1)C(C)(C)OC. The highest BCUT2D eigenvalue weighted by Crippen LogP contribution is 2.34. The summed E-state index contributed by atoms with van der Waals surface area (Å²) in [6.07, 6.45) is 1.07. The van der Waals surface area contributed by atoms with E-state index in [2.05, 4.69) is 32.2 Å². The topological polar surface area (TPSA) is 39.7 Å².